The highest BCUT2D eigenvalue weighted by atomic mass is 16.1. The standard InChI is InChI=1S/C15H18N4O/c1-8-5-9(2)14(7-13(8)16)17-15(20)12-6-10(3)18-19-11(12)4/h5-7H,16H2,1-4H3,(H,17,20). The van der Waals surface area contributed by atoms with Crippen molar-refractivity contribution in [2.45, 2.75) is 27.7 Å². The minimum Gasteiger partial charge on any atom is -0.398 e. The van der Waals surface area contributed by atoms with Crippen molar-refractivity contribution in [3.05, 3.63) is 46.3 Å². The predicted octanol–water partition coefficient (Wildman–Crippen LogP) is 2.54. The number of nitrogen functional groups attached to an aromatic ring is 1. The molecule has 0 aliphatic heterocycles. The SMILES string of the molecule is Cc1cc(C(=O)Nc2cc(N)c(C)cc2C)c(C)nn1. The molecule has 3 N–H and O–H groups in total. The molecule has 5 heteroatoms. The average Bonchev–Trinajstić information content (AvgIpc) is 2.38. The Labute approximate surface area is 118 Å². The Kier molecular flexibility index (Phi) is 3.70. The molecule has 0 aliphatic carbocycles. The summed E-state index contributed by atoms with van der Waals surface area (Å²) < 4.78 is 0. The molecule has 2 rings (SSSR count). The van der Waals surface area contributed by atoms with Gasteiger partial charge in [-0.2, -0.15) is 10.2 Å². The molecule has 0 fully saturated rings. The molecule has 0 saturated heterocycles. The van der Waals surface area contributed by atoms with Crippen LogP contribution in [0.25, 0.3) is 0 Å². The number of aryl methyl sites for hydroxylation is 4. The van der Waals surface area contributed by atoms with Crippen LogP contribution in [-0.4, -0.2) is 16.1 Å². The van der Waals surface area contributed by atoms with Crippen LogP contribution in [0.5, 0.6) is 0 Å². The number of amides is 1. The van der Waals surface area contributed by atoms with Crippen LogP contribution >= 0.6 is 0 Å². The maximum absolute atomic E-state index is 12.3. The van der Waals surface area contributed by atoms with E-state index in [0.717, 1.165) is 11.1 Å². The molecule has 0 bridgehead atoms. The van der Waals surface area contributed by atoms with E-state index in [1.807, 2.05) is 19.9 Å². The van der Waals surface area contributed by atoms with Gasteiger partial charge in [0.05, 0.1) is 17.0 Å². The Morgan fingerprint density at radius 3 is 2.45 bits per heavy atom. The van der Waals surface area contributed by atoms with Gasteiger partial charge in [0, 0.05) is 11.4 Å². The van der Waals surface area contributed by atoms with E-state index in [-0.39, 0.29) is 5.91 Å². The normalized spacial score (nSPS) is 10.4. The maximum atomic E-state index is 12.3. The van der Waals surface area contributed by atoms with Gasteiger partial charge in [-0.1, -0.05) is 6.07 Å². The second-order valence-corrected chi connectivity index (χ2v) is 4.96. The van der Waals surface area contributed by atoms with Crippen molar-refractivity contribution in [3.8, 4) is 0 Å². The van der Waals surface area contributed by atoms with Gasteiger partial charge in [0.2, 0.25) is 0 Å². The van der Waals surface area contributed by atoms with Gasteiger partial charge in [-0.05, 0) is 51.0 Å². The lowest BCUT2D eigenvalue weighted by atomic mass is 10.1. The Morgan fingerprint density at radius 1 is 1.05 bits per heavy atom. The fraction of sp³-hybridized carbons (Fsp3) is 0.267. The van der Waals surface area contributed by atoms with Crippen LogP contribution < -0.4 is 11.1 Å². The molecule has 0 aliphatic rings. The number of anilines is 2. The van der Waals surface area contributed by atoms with E-state index in [0.29, 0.717) is 28.3 Å². The number of hydrogen-bond acceptors (Lipinski definition) is 4. The second-order valence-electron chi connectivity index (χ2n) is 4.96. The third-order valence-corrected chi connectivity index (χ3v) is 3.21. The summed E-state index contributed by atoms with van der Waals surface area (Å²) in [6, 6.07) is 5.46. The molecule has 0 radical (unpaired) electrons. The van der Waals surface area contributed by atoms with Crippen LogP contribution in [0.4, 0.5) is 11.4 Å². The molecule has 0 unspecified atom stereocenters. The van der Waals surface area contributed by atoms with Crippen LogP contribution in [0.3, 0.4) is 0 Å². The minimum absolute atomic E-state index is 0.202. The molecule has 0 saturated carbocycles. The molecule has 20 heavy (non-hydrogen) atoms. The summed E-state index contributed by atoms with van der Waals surface area (Å²) >= 11 is 0. The summed E-state index contributed by atoms with van der Waals surface area (Å²) in [7, 11) is 0. The van der Waals surface area contributed by atoms with Crippen molar-refractivity contribution in [2.24, 2.45) is 0 Å². The van der Waals surface area contributed by atoms with Gasteiger partial charge in [-0.3, -0.25) is 4.79 Å². The monoisotopic (exact) mass is 270 g/mol. The molecule has 1 amide bonds. The zero-order valence-electron chi connectivity index (χ0n) is 12.1. The Morgan fingerprint density at radius 2 is 1.75 bits per heavy atom. The number of nitrogens with zero attached hydrogens (tertiary/aromatic N) is 2. The summed E-state index contributed by atoms with van der Waals surface area (Å²) in [5, 5.41) is 10.8. The van der Waals surface area contributed by atoms with Crippen LogP contribution in [0.15, 0.2) is 18.2 Å². The first kappa shape index (κ1) is 14.0. The lowest BCUT2D eigenvalue weighted by Gasteiger charge is -2.12. The molecule has 0 atom stereocenters. The Balaban J connectivity index is 2.32. The molecule has 2 aromatic rings. The summed E-state index contributed by atoms with van der Waals surface area (Å²) in [6.07, 6.45) is 0. The number of carbonyl (C=O) groups excluding carboxylic acids is 1. The van der Waals surface area contributed by atoms with Gasteiger partial charge in [0.15, 0.2) is 0 Å². The van der Waals surface area contributed by atoms with Gasteiger partial charge >= 0.3 is 0 Å². The Hall–Kier alpha value is -2.43. The highest BCUT2D eigenvalue weighted by Crippen LogP contribution is 2.23. The molecule has 104 valence electrons. The second kappa shape index (κ2) is 5.28. The van der Waals surface area contributed by atoms with E-state index < -0.39 is 0 Å². The van der Waals surface area contributed by atoms with Gasteiger partial charge in [0.1, 0.15) is 0 Å². The number of rotatable bonds is 2. The topological polar surface area (TPSA) is 80.9 Å². The van der Waals surface area contributed by atoms with Crippen LogP contribution in [-0.2, 0) is 0 Å². The Bertz CT molecular complexity index is 680. The first-order chi connectivity index (χ1) is 9.38. The minimum atomic E-state index is -0.202. The predicted molar refractivity (Wildman–Crippen MR) is 79.8 cm³/mol. The van der Waals surface area contributed by atoms with E-state index >= 15 is 0 Å². The van der Waals surface area contributed by atoms with E-state index in [1.165, 1.54) is 0 Å². The molecule has 0 spiro atoms. The largest absolute Gasteiger partial charge is 0.398 e. The van der Waals surface area contributed by atoms with E-state index in [9.17, 15) is 4.79 Å². The third-order valence-electron chi connectivity index (χ3n) is 3.21. The first-order valence-electron chi connectivity index (χ1n) is 6.37. The third kappa shape index (κ3) is 2.77. The quantitative estimate of drug-likeness (QED) is 0.822. The molecule has 5 nitrogen and oxygen atoms in total. The van der Waals surface area contributed by atoms with Crippen LogP contribution in [0.2, 0.25) is 0 Å². The van der Waals surface area contributed by atoms with Crippen molar-refractivity contribution >= 4 is 17.3 Å². The van der Waals surface area contributed by atoms with Crippen molar-refractivity contribution < 1.29 is 4.79 Å². The summed E-state index contributed by atoms with van der Waals surface area (Å²) in [5.41, 5.74) is 11.1. The average molecular weight is 270 g/mol. The van der Waals surface area contributed by atoms with E-state index in [1.54, 1.807) is 26.0 Å². The van der Waals surface area contributed by atoms with Crippen LogP contribution in [0.1, 0.15) is 32.9 Å². The van der Waals surface area contributed by atoms with Crippen molar-refractivity contribution in [3.63, 3.8) is 0 Å². The number of benzene rings is 1. The lowest BCUT2D eigenvalue weighted by molar-refractivity contribution is 0.102. The van der Waals surface area contributed by atoms with Gasteiger partial charge < -0.3 is 11.1 Å². The van der Waals surface area contributed by atoms with Crippen molar-refractivity contribution in [2.75, 3.05) is 11.1 Å². The summed E-state index contributed by atoms with van der Waals surface area (Å²) in [6.45, 7) is 7.44. The number of carbonyl (C=O) groups is 1. The molecule has 1 aromatic heterocycles. The lowest BCUT2D eigenvalue weighted by Crippen LogP contribution is -2.16. The molecule has 1 heterocycles. The summed E-state index contributed by atoms with van der Waals surface area (Å²) in [5.74, 6) is -0.202. The zero-order valence-corrected chi connectivity index (χ0v) is 12.1. The molecular weight excluding hydrogens is 252 g/mol. The number of nitrogens with two attached hydrogens (primary N) is 1. The number of aromatic nitrogens is 2. The van der Waals surface area contributed by atoms with E-state index in [2.05, 4.69) is 15.5 Å². The van der Waals surface area contributed by atoms with Crippen LogP contribution in [0, 0.1) is 27.7 Å². The maximum Gasteiger partial charge on any atom is 0.257 e. The van der Waals surface area contributed by atoms with E-state index in [4.69, 9.17) is 5.73 Å². The van der Waals surface area contributed by atoms with Gasteiger partial charge in [-0.25, -0.2) is 0 Å². The summed E-state index contributed by atoms with van der Waals surface area (Å²) in [4.78, 5) is 12.3. The smallest absolute Gasteiger partial charge is 0.257 e. The fourth-order valence-corrected chi connectivity index (χ4v) is 1.97. The van der Waals surface area contributed by atoms with Crippen molar-refractivity contribution in [1.82, 2.24) is 10.2 Å². The molecular formula is C15H18N4O. The zero-order chi connectivity index (χ0) is 14.9. The molecule has 1 aromatic carbocycles. The highest BCUT2D eigenvalue weighted by Gasteiger charge is 2.13. The highest BCUT2D eigenvalue weighted by molar-refractivity contribution is 6.05. The van der Waals surface area contributed by atoms with Gasteiger partial charge in [0.25, 0.3) is 5.91 Å². The first-order valence-corrected chi connectivity index (χ1v) is 6.37. The van der Waals surface area contributed by atoms with Crippen molar-refractivity contribution in [1.29, 1.82) is 0 Å². The van der Waals surface area contributed by atoms with Gasteiger partial charge in [-0.15, -0.1) is 0 Å². The number of nitrogens with one attached hydrogen (secondary N) is 1. The number of hydrogen-bond donors (Lipinski definition) is 2. The fourth-order valence-electron chi connectivity index (χ4n) is 1.97.